The lowest BCUT2D eigenvalue weighted by molar-refractivity contribution is 0.400. The van der Waals surface area contributed by atoms with Crippen LogP contribution in [-0.4, -0.2) is 13.6 Å². The van der Waals surface area contributed by atoms with Crippen molar-refractivity contribution in [1.82, 2.24) is 5.16 Å². The molecule has 0 atom stereocenters. The molecule has 24 heavy (non-hydrogen) atoms. The zero-order valence-corrected chi connectivity index (χ0v) is 13.5. The predicted molar refractivity (Wildman–Crippen MR) is 88.3 cm³/mol. The number of rotatable bonds is 2. The van der Waals surface area contributed by atoms with E-state index in [2.05, 4.69) is 9.88 Å². The maximum atomic E-state index is 13.1. The number of benzene rings is 2. The maximum Gasteiger partial charge on any atom is 0.237 e. The van der Waals surface area contributed by atoms with E-state index < -0.39 is 10.0 Å². The Labute approximate surface area is 138 Å². The summed E-state index contributed by atoms with van der Waals surface area (Å²) in [6.07, 6.45) is 0. The number of hydrogen-bond donors (Lipinski definition) is 1. The van der Waals surface area contributed by atoms with Crippen LogP contribution in [0.4, 0.5) is 10.1 Å². The van der Waals surface area contributed by atoms with E-state index in [0.717, 1.165) is 22.3 Å². The lowest BCUT2D eigenvalue weighted by Gasteiger charge is -2.06. The molecule has 1 N–H and O–H groups in total. The van der Waals surface area contributed by atoms with Gasteiger partial charge in [0.15, 0.2) is 0 Å². The molecule has 0 amide bonds. The fraction of sp³-hybridized carbons (Fsp3) is 0.118. The minimum absolute atomic E-state index is 0.0178. The molecular weight excluding hydrogens is 331 g/mol. The smallest absolute Gasteiger partial charge is 0.237 e. The second kappa shape index (κ2) is 5.17. The van der Waals surface area contributed by atoms with Crippen molar-refractivity contribution in [2.75, 3.05) is 4.72 Å². The molecule has 1 aliphatic heterocycles. The number of anilines is 1. The molecule has 0 aliphatic carbocycles. The average molecular weight is 344 g/mol. The number of fused-ring (bicyclic) bond motifs is 1. The molecule has 2 heterocycles. The number of hydrogen-bond acceptors (Lipinski definition) is 4. The first-order valence-electron chi connectivity index (χ1n) is 7.29. The van der Waals surface area contributed by atoms with E-state index in [1.54, 1.807) is 31.2 Å². The van der Waals surface area contributed by atoms with Gasteiger partial charge < -0.3 is 4.52 Å². The van der Waals surface area contributed by atoms with Crippen LogP contribution >= 0.6 is 0 Å². The molecular formula is C17H13FN2O3S. The molecule has 0 fully saturated rings. The molecule has 7 heteroatoms. The summed E-state index contributed by atoms with van der Waals surface area (Å²) in [5, 5.41) is 4.08. The fourth-order valence-electron chi connectivity index (χ4n) is 2.88. The molecule has 3 aromatic rings. The topological polar surface area (TPSA) is 72.2 Å². The number of aromatic nitrogens is 1. The van der Waals surface area contributed by atoms with Gasteiger partial charge in [-0.1, -0.05) is 17.3 Å². The van der Waals surface area contributed by atoms with Gasteiger partial charge >= 0.3 is 0 Å². The molecule has 0 radical (unpaired) electrons. The summed E-state index contributed by atoms with van der Waals surface area (Å²) < 4.78 is 44.4. The van der Waals surface area contributed by atoms with Gasteiger partial charge in [-0.05, 0) is 48.4 Å². The number of aryl methyl sites for hydroxylation is 1. The number of nitrogens with zero attached hydrogens (tertiary/aromatic N) is 1. The molecule has 1 aliphatic rings. The highest BCUT2D eigenvalue weighted by Crippen LogP contribution is 2.38. The van der Waals surface area contributed by atoms with Crippen molar-refractivity contribution in [3.8, 4) is 22.4 Å². The van der Waals surface area contributed by atoms with E-state index in [-0.39, 0.29) is 11.6 Å². The van der Waals surface area contributed by atoms with Gasteiger partial charge in [0.1, 0.15) is 17.3 Å². The third-order valence-electron chi connectivity index (χ3n) is 3.99. The van der Waals surface area contributed by atoms with E-state index in [1.807, 2.05) is 6.07 Å². The number of sulfonamides is 1. The van der Waals surface area contributed by atoms with Crippen LogP contribution in [-0.2, 0) is 15.8 Å². The third kappa shape index (κ3) is 2.46. The Morgan fingerprint density at radius 3 is 2.58 bits per heavy atom. The highest BCUT2D eigenvalue weighted by atomic mass is 32.2. The lowest BCUT2D eigenvalue weighted by Crippen LogP contribution is -2.05. The van der Waals surface area contributed by atoms with E-state index in [4.69, 9.17) is 4.52 Å². The van der Waals surface area contributed by atoms with Crippen molar-refractivity contribution < 1.29 is 17.3 Å². The van der Waals surface area contributed by atoms with Crippen molar-refractivity contribution in [3.05, 3.63) is 59.6 Å². The number of halogens is 1. The van der Waals surface area contributed by atoms with Gasteiger partial charge in [-0.2, -0.15) is 0 Å². The van der Waals surface area contributed by atoms with Crippen LogP contribution in [0.5, 0.6) is 0 Å². The highest BCUT2D eigenvalue weighted by Gasteiger charge is 2.25. The van der Waals surface area contributed by atoms with Gasteiger partial charge in [0.25, 0.3) is 0 Å². The third-order valence-corrected chi connectivity index (χ3v) is 5.21. The highest BCUT2D eigenvalue weighted by molar-refractivity contribution is 7.92. The molecule has 0 spiro atoms. The fourth-order valence-corrected chi connectivity index (χ4v) is 4.14. The van der Waals surface area contributed by atoms with Crippen LogP contribution in [0.25, 0.3) is 22.4 Å². The first-order chi connectivity index (χ1) is 11.4. The molecule has 0 bridgehead atoms. The van der Waals surface area contributed by atoms with Crippen LogP contribution in [0.15, 0.2) is 47.0 Å². The molecule has 4 rings (SSSR count). The molecule has 122 valence electrons. The Bertz CT molecular complexity index is 1040. The van der Waals surface area contributed by atoms with Crippen molar-refractivity contribution >= 4 is 15.7 Å². The Hall–Kier alpha value is -2.67. The minimum atomic E-state index is -3.30. The summed E-state index contributed by atoms with van der Waals surface area (Å²) in [5.41, 5.74) is 4.17. The second-order valence-electron chi connectivity index (χ2n) is 5.70. The number of nitrogens with one attached hydrogen (secondary N) is 1. The molecule has 2 aromatic carbocycles. The quantitative estimate of drug-likeness (QED) is 0.769. The average Bonchev–Trinajstić information content (AvgIpc) is 3.05. The van der Waals surface area contributed by atoms with E-state index in [9.17, 15) is 12.8 Å². The SMILES string of the molecule is Cc1onc(-c2ccc(F)cc2)c1-c1ccc2c(c1)NS(=O)(=O)C2. The first kappa shape index (κ1) is 14.9. The van der Waals surface area contributed by atoms with Gasteiger partial charge in [-0.15, -0.1) is 0 Å². The van der Waals surface area contributed by atoms with Gasteiger partial charge in [0, 0.05) is 5.56 Å². The first-order valence-corrected chi connectivity index (χ1v) is 8.94. The van der Waals surface area contributed by atoms with Gasteiger partial charge in [0.05, 0.1) is 17.0 Å². The summed E-state index contributed by atoms with van der Waals surface area (Å²) in [6, 6.07) is 11.4. The van der Waals surface area contributed by atoms with Crippen LogP contribution in [0.1, 0.15) is 11.3 Å². The lowest BCUT2D eigenvalue weighted by atomic mass is 9.98. The molecule has 0 saturated heterocycles. The molecule has 1 aromatic heterocycles. The summed E-state index contributed by atoms with van der Waals surface area (Å²) in [4.78, 5) is 0. The molecule has 0 unspecified atom stereocenters. The second-order valence-corrected chi connectivity index (χ2v) is 7.42. The predicted octanol–water partition coefficient (Wildman–Crippen LogP) is 3.71. The van der Waals surface area contributed by atoms with Crippen molar-refractivity contribution in [1.29, 1.82) is 0 Å². The molecule has 0 saturated carbocycles. The maximum absolute atomic E-state index is 13.1. The Kier molecular flexibility index (Phi) is 3.21. The van der Waals surface area contributed by atoms with Gasteiger partial charge in [-0.25, -0.2) is 12.8 Å². The van der Waals surface area contributed by atoms with Crippen molar-refractivity contribution in [2.45, 2.75) is 12.7 Å². The zero-order valence-electron chi connectivity index (χ0n) is 12.7. The summed E-state index contributed by atoms with van der Waals surface area (Å²) >= 11 is 0. The summed E-state index contributed by atoms with van der Waals surface area (Å²) in [7, 11) is -3.30. The largest absolute Gasteiger partial charge is 0.360 e. The zero-order chi connectivity index (χ0) is 16.9. The normalized spacial score (nSPS) is 15.1. The van der Waals surface area contributed by atoms with Crippen LogP contribution in [0.3, 0.4) is 0 Å². The van der Waals surface area contributed by atoms with Crippen molar-refractivity contribution in [3.63, 3.8) is 0 Å². The van der Waals surface area contributed by atoms with Gasteiger partial charge in [-0.3, -0.25) is 4.72 Å². The Balaban J connectivity index is 1.84. The Morgan fingerprint density at radius 1 is 1.12 bits per heavy atom. The van der Waals surface area contributed by atoms with Crippen LogP contribution < -0.4 is 4.72 Å². The van der Waals surface area contributed by atoms with Crippen LogP contribution in [0, 0.1) is 12.7 Å². The summed E-state index contributed by atoms with van der Waals surface area (Å²) in [6.45, 7) is 1.78. The van der Waals surface area contributed by atoms with Crippen molar-refractivity contribution in [2.24, 2.45) is 0 Å². The monoisotopic (exact) mass is 344 g/mol. The standard InChI is InChI=1S/C17H13FN2O3S/c1-10-16(17(19-23-10)11-4-6-14(18)7-5-11)12-2-3-13-9-24(21,22)20-15(13)8-12/h2-8,20H,9H2,1H3. The molecule has 5 nitrogen and oxygen atoms in total. The van der Waals surface area contributed by atoms with E-state index >= 15 is 0 Å². The Morgan fingerprint density at radius 2 is 1.83 bits per heavy atom. The minimum Gasteiger partial charge on any atom is -0.360 e. The van der Waals surface area contributed by atoms with Crippen LogP contribution in [0.2, 0.25) is 0 Å². The summed E-state index contributed by atoms with van der Waals surface area (Å²) in [5.74, 6) is 0.262. The van der Waals surface area contributed by atoms with Gasteiger partial charge in [0.2, 0.25) is 10.0 Å². The van der Waals surface area contributed by atoms with E-state index in [0.29, 0.717) is 17.1 Å². The van der Waals surface area contributed by atoms with E-state index in [1.165, 1.54) is 12.1 Å².